The van der Waals surface area contributed by atoms with Gasteiger partial charge < -0.3 is 10.4 Å². The molecule has 80 valence electrons. The Bertz CT molecular complexity index is 232. The van der Waals surface area contributed by atoms with E-state index in [0.717, 1.165) is 6.42 Å². The highest BCUT2D eigenvalue weighted by molar-refractivity contribution is 7.90. The van der Waals surface area contributed by atoms with E-state index in [1.54, 1.807) is 0 Å². The Hall–Kier alpha value is -0.130. The van der Waals surface area contributed by atoms with Gasteiger partial charge in [0.1, 0.15) is 9.84 Å². The predicted molar refractivity (Wildman–Crippen MR) is 53.5 cm³/mol. The molecule has 1 atom stereocenters. The Morgan fingerprint density at radius 2 is 2.00 bits per heavy atom. The van der Waals surface area contributed by atoms with E-state index in [9.17, 15) is 8.42 Å². The van der Waals surface area contributed by atoms with Gasteiger partial charge >= 0.3 is 0 Å². The van der Waals surface area contributed by atoms with Crippen molar-refractivity contribution in [2.45, 2.75) is 25.8 Å². The summed E-state index contributed by atoms with van der Waals surface area (Å²) in [7, 11) is -2.91. The molecule has 0 aliphatic carbocycles. The lowest BCUT2D eigenvalue weighted by Crippen LogP contribution is -2.46. The molecular formula is C8H19NO3S. The summed E-state index contributed by atoms with van der Waals surface area (Å²) in [5, 5.41) is 12.0. The van der Waals surface area contributed by atoms with Crippen LogP contribution < -0.4 is 5.32 Å². The van der Waals surface area contributed by atoms with Crippen LogP contribution in [0.25, 0.3) is 0 Å². The summed E-state index contributed by atoms with van der Waals surface area (Å²) >= 11 is 0. The predicted octanol–water partition coefficient (Wildman–Crippen LogP) is -0.218. The van der Waals surface area contributed by atoms with E-state index in [-0.39, 0.29) is 17.9 Å². The molecule has 0 aromatic heterocycles. The minimum atomic E-state index is -2.91. The van der Waals surface area contributed by atoms with Gasteiger partial charge in [0.25, 0.3) is 0 Å². The van der Waals surface area contributed by atoms with Gasteiger partial charge in [0, 0.05) is 18.3 Å². The molecule has 0 fully saturated rings. The van der Waals surface area contributed by atoms with E-state index >= 15 is 0 Å². The van der Waals surface area contributed by atoms with Crippen LogP contribution in [-0.2, 0) is 9.84 Å². The maximum atomic E-state index is 10.8. The van der Waals surface area contributed by atoms with E-state index in [1.165, 1.54) is 6.26 Å². The molecule has 2 N–H and O–H groups in total. The zero-order valence-corrected chi connectivity index (χ0v) is 9.32. The lowest BCUT2D eigenvalue weighted by Gasteiger charge is -2.27. The van der Waals surface area contributed by atoms with Crippen LogP contribution in [0.3, 0.4) is 0 Å². The highest BCUT2D eigenvalue weighted by Crippen LogP contribution is 2.06. The topological polar surface area (TPSA) is 66.4 Å². The average molecular weight is 209 g/mol. The van der Waals surface area contributed by atoms with Gasteiger partial charge in [0.2, 0.25) is 0 Å². The number of hydrogen-bond acceptors (Lipinski definition) is 4. The Morgan fingerprint density at radius 1 is 1.46 bits per heavy atom. The number of rotatable bonds is 6. The standard InChI is InChI=1S/C8H19NO3S/c1-4-8(2,7-10)9-5-6-13(3,11)12/h9-10H,4-7H2,1-3H3. The van der Waals surface area contributed by atoms with Gasteiger partial charge in [0.15, 0.2) is 0 Å². The molecule has 13 heavy (non-hydrogen) atoms. The first-order valence-electron chi connectivity index (χ1n) is 4.36. The van der Waals surface area contributed by atoms with Crippen molar-refractivity contribution < 1.29 is 13.5 Å². The summed E-state index contributed by atoms with van der Waals surface area (Å²) in [6.45, 7) is 4.23. The van der Waals surface area contributed by atoms with Crippen molar-refractivity contribution in [2.24, 2.45) is 0 Å². The molecule has 4 nitrogen and oxygen atoms in total. The molecule has 0 aromatic rings. The molecule has 0 aliphatic heterocycles. The van der Waals surface area contributed by atoms with E-state index in [4.69, 9.17) is 5.11 Å². The maximum absolute atomic E-state index is 10.8. The largest absolute Gasteiger partial charge is 0.394 e. The van der Waals surface area contributed by atoms with Crippen LogP contribution in [0, 0.1) is 0 Å². The smallest absolute Gasteiger partial charge is 0.148 e. The third kappa shape index (κ3) is 6.01. The minimum absolute atomic E-state index is 0.0211. The van der Waals surface area contributed by atoms with Crippen LogP contribution in [0.5, 0.6) is 0 Å². The third-order valence-corrected chi connectivity index (χ3v) is 3.10. The van der Waals surface area contributed by atoms with Crippen LogP contribution in [-0.4, -0.2) is 44.2 Å². The van der Waals surface area contributed by atoms with Gasteiger partial charge in [-0.25, -0.2) is 8.42 Å². The summed E-state index contributed by atoms with van der Waals surface area (Å²) in [6, 6.07) is 0. The van der Waals surface area contributed by atoms with E-state index < -0.39 is 9.84 Å². The fourth-order valence-corrected chi connectivity index (χ4v) is 1.30. The Labute approximate surface area is 80.3 Å². The zero-order valence-electron chi connectivity index (χ0n) is 8.50. The molecule has 1 unspecified atom stereocenters. The number of sulfone groups is 1. The molecule has 0 saturated carbocycles. The van der Waals surface area contributed by atoms with Crippen LogP contribution in [0.1, 0.15) is 20.3 Å². The molecule has 0 aromatic carbocycles. The first-order chi connectivity index (χ1) is 5.83. The van der Waals surface area contributed by atoms with Gasteiger partial charge in [-0.05, 0) is 13.3 Å². The van der Waals surface area contributed by atoms with Gasteiger partial charge in [-0.3, -0.25) is 0 Å². The van der Waals surface area contributed by atoms with E-state index in [1.807, 2.05) is 13.8 Å². The lowest BCUT2D eigenvalue weighted by atomic mass is 10.0. The van der Waals surface area contributed by atoms with Crippen molar-refractivity contribution in [3.8, 4) is 0 Å². The fraction of sp³-hybridized carbons (Fsp3) is 1.00. The zero-order chi connectivity index (χ0) is 10.5. The summed E-state index contributed by atoms with van der Waals surface area (Å²) in [6.07, 6.45) is 1.98. The van der Waals surface area contributed by atoms with Crippen molar-refractivity contribution in [3.63, 3.8) is 0 Å². The minimum Gasteiger partial charge on any atom is -0.394 e. The monoisotopic (exact) mass is 209 g/mol. The van der Waals surface area contributed by atoms with Gasteiger partial charge in [-0.15, -0.1) is 0 Å². The van der Waals surface area contributed by atoms with Crippen LogP contribution in [0.2, 0.25) is 0 Å². The molecule has 0 spiro atoms. The summed E-state index contributed by atoms with van der Waals surface area (Å²) < 4.78 is 21.6. The SMILES string of the molecule is CCC(C)(CO)NCCS(C)(=O)=O. The normalized spacial score (nSPS) is 16.9. The summed E-state index contributed by atoms with van der Waals surface area (Å²) in [4.78, 5) is 0. The van der Waals surface area contributed by atoms with Crippen molar-refractivity contribution in [2.75, 3.05) is 25.2 Å². The van der Waals surface area contributed by atoms with Crippen molar-refractivity contribution in [1.29, 1.82) is 0 Å². The fourth-order valence-electron chi connectivity index (χ4n) is 0.831. The molecular weight excluding hydrogens is 190 g/mol. The molecule has 0 amide bonds. The highest BCUT2D eigenvalue weighted by Gasteiger charge is 2.19. The molecule has 0 radical (unpaired) electrons. The Kier molecular flexibility index (Phi) is 4.88. The number of hydrogen-bond donors (Lipinski definition) is 2. The Morgan fingerprint density at radius 3 is 2.31 bits per heavy atom. The van der Waals surface area contributed by atoms with Crippen LogP contribution in [0.4, 0.5) is 0 Å². The first kappa shape index (κ1) is 12.9. The van der Waals surface area contributed by atoms with Gasteiger partial charge in [-0.2, -0.15) is 0 Å². The molecule has 5 heteroatoms. The van der Waals surface area contributed by atoms with Crippen molar-refractivity contribution in [1.82, 2.24) is 5.32 Å². The van der Waals surface area contributed by atoms with Gasteiger partial charge in [0.05, 0.1) is 12.4 Å². The van der Waals surface area contributed by atoms with Gasteiger partial charge in [-0.1, -0.05) is 6.92 Å². The average Bonchev–Trinajstić information content (AvgIpc) is 2.02. The second kappa shape index (κ2) is 4.93. The van der Waals surface area contributed by atoms with Crippen molar-refractivity contribution in [3.05, 3.63) is 0 Å². The van der Waals surface area contributed by atoms with E-state index in [0.29, 0.717) is 6.54 Å². The number of aliphatic hydroxyl groups excluding tert-OH is 1. The first-order valence-corrected chi connectivity index (χ1v) is 6.42. The maximum Gasteiger partial charge on any atom is 0.148 e. The quantitative estimate of drug-likeness (QED) is 0.635. The highest BCUT2D eigenvalue weighted by atomic mass is 32.2. The third-order valence-electron chi connectivity index (χ3n) is 2.15. The van der Waals surface area contributed by atoms with Crippen LogP contribution in [0.15, 0.2) is 0 Å². The summed E-state index contributed by atoms with van der Waals surface area (Å²) in [5.41, 5.74) is -0.356. The lowest BCUT2D eigenvalue weighted by molar-refractivity contribution is 0.172. The molecule has 0 saturated heterocycles. The van der Waals surface area contributed by atoms with E-state index in [2.05, 4.69) is 5.32 Å². The summed E-state index contributed by atoms with van der Waals surface area (Å²) in [5.74, 6) is 0.114. The number of aliphatic hydroxyl groups is 1. The molecule has 0 heterocycles. The Balaban J connectivity index is 3.88. The number of nitrogens with one attached hydrogen (secondary N) is 1. The van der Waals surface area contributed by atoms with Crippen LogP contribution >= 0.6 is 0 Å². The second-order valence-corrected chi connectivity index (χ2v) is 5.89. The molecule has 0 aliphatic rings. The molecule has 0 rings (SSSR count). The molecule has 0 bridgehead atoms. The van der Waals surface area contributed by atoms with Crippen molar-refractivity contribution >= 4 is 9.84 Å². The second-order valence-electron chi connectivity index (χ2n) is 3.63.